The second kappa shape index (κ2) is 5.82. The molecule has 1 heterocycles. The third kappa shape index (κ3) is 2.98. The zero-order valence-corrected chi connectivity index (χ0v) is 10.3. The molecule has 1 aromatic carbocycles. The first-order valence-electron chi connectivity index (χ1n) is 6.06. The molecule has 1 aromatic rings. The van der Waals surface area contributed by atoms with Crippen molar-refractivity contribution in [3.63, 3.8) is 0 Å². The van der Waals surface area contributed by atoms with Crippen LogP contribution in [0.1, 0.15) is 12.8 Å². The number of rotatable bonds is 3. The van der Waals surface area contributed by atoms with Crippen LogP contribution in [0.15, 0.2) is 18.2 Å². The Labute approximate surface area is 106 Å². The Kier molecular flexibility index (Phi) is 4.15. The number of carbonyl (C=O) groups is 1. The molecule has 0 unspecified atom stereocenters. The van der Waals surface area contributed by atoms with Crippen LogP contribution in [-0.2, 0) is 4.79 Å². The Morgan fingerprint density at radius 3 is 2.83 bits per heavy atom. The van der Waals surface area contributed by atoms with Crippen LogP contribution in [0.3, 0.4) is 0 Å². The highest BCUT2D eigenvalue weighted by molar-refractivity contribution is 5.94. The fourth-order valence-electron chi connectivity index (χ4n) is 2.10. The molecule has 5 heteroatoms. The molecule has 0 atom stereocenters. The van der Waals surface area contributed by atoms with Crippen LogP contribution in [0, 0.1) is 11.7 Å². The molecular formula is C13H17FN2O2. The highest BCUT2D eigenvalue weighted by atomic mass is 19.1. The summed E-state index contributed by atoms with van der Waals surface area (Å²) < 4.78 is 18.3. The van der Waals surface area contributed by atoms with Gasteiger partial charge in [0, 0.05) is 12.0 Å². The van der Waals surface area contributed by atoms with Crippen molar-refractivity contribution in [1.29, 1.82) is 0 Å². The molecule has 1 fully saturated rings. The van der Waals surface area contributed by atoms with Crippen molar-refractivity contribution in [3.8, 4) is 5.75 Å². The highest BCUT2D eigenvalue weighted by Crippen LogP contribution is 2.26. The monoisotopic (exact) mass is 252 g/mol. The molecule has 1 amide bonds. The third-order valence-corrected chi connectivity index (χ3v) is 3.13. The van der Waals surface area contributed by atoms with E-state index in [4.69, 9.17) is 4.74 Å². The Bertz CT molecular complexity index is 431. The molecule has 0 radical (unpaired) electrons. The number of anilines is 1. The van der Waals surface area contributed by atoms with Crippen LogP contribution >= 0.6 is 0 Å². The number of benzene rings is 1. The van der Waals surface area contributed by atoms with Crippen LogP contribution in [0.25, 0.3) is 0 Å². The zero-order chi connectivity index (χ0) is 13.0. The average molecular weight is 252 g/mol. The molecule has 0 aromatic heterocycles. The Morgan fingerprint density at radius 2 is 2.17 bits per heavy atom. The lowest BCUT2D eigenvalue weighted by atomic mass is 9.97. The van der Waals surface area contributed by atoms with Gasteiger partial charge in [0.1, 0.15) is 11.6 Å². The number of carbonyl (C=O) groups excluding carboxylic acids is 1. The van der Waals surface area contributed by atoms with E-state index in [0.29, 0.717) is 11.4 Å². The number of ether oxygens (including phenoxy) is 1. The van der Waals surface area contributed by atoms with Gasteiger partial charge in [-0.2, -0.15) is 0 Å². The summed E-state index contributed by atoms with van der Waals surface area (Å²) in [4.78, 5) is 12.0. The van der Waals surface area contributed by atoms with E-state index in [1.807, 2.05) is 0 Å². The maximum Gasteiger partial charge on any atom is 0.227 e. The molecule has 0 spiro atoms. The van der Waals surface area contributed by atoms with Gasteiger partial charge in [0.05, 0.1) is 12.8 Å². The second-order valence-corrected chi connectivity index (χ2v) is 4.36. The predicted octanol–water partition coefficient (Wildman–Crippen LogP) is 1.77. The number of halogens is 1. The molecule has 0 saturated carbocycles. The van der Waals surface area contributed by atoms with E-state index in [9.17, 15) is 9.18 Å². The first-order chi connectivity index (χ1) is 8.70. The van der Waals surface area contributed by atoms with Gasteiger partial charge in [0.25, 0.3) is 0 Å². The van der Waals surface area contributed by atoms with Gasteiger partial charge in [0.2, 0.25) is 5.91 Å². The molecule has 1 saturated heterocycles. The third-order valence-electron chi connectivity index (χ3n) is 3.13. The van der Waals surface area contributed by atoms with Gasteiger partial charge in [-0.25, -0.2) is 4.39 Å². The van der Waals surface area contributed by atoms with E-state index in [2.05, 4.69) is 10.6 Å². The van der Waals surface area contributed by atoms with E-state index in [0.717, 1.165) is 25.9 Å². The van der Waals surface area contributed by atoms with E-state index < -0.39 is 5.82 Å². The molecule has 4 nitrogen and oxygen atoms in total. The van der Waals surface area contributed by atoms with Crippen LogP contribution in [0.2, 0.25) is 0 Å². The van der Waals surface area contributed by atoms with Gasteiger partial charge in [-0.1, -0.05) is 0 Å². The quantitative estimate of drug-likeness (QED) is 0.862. The minimum Gasteiger partial charge on any atom is -0.495 e. The first-order valence-corrected chi connectivity index (χ1v) is 6.06. The maximum absolute atomic E-state index is 13.2. The van der Waals surface area contributed by atoms with Gasteiger partial charge in [-0.15, -0.1) is 0 Å². The smallest absolute Gasteiger partial charge is 0.227 e. The second-order valence-electron chi connectivity index (χ2n) is 4.36. The number of nitrogens with one attached hydrogen (secondary N) is 2. The Morgan fingerprint density at radius 1 is 1.44 bits per heavy atom. The number of methoxy groups -OCH3 is 1. The van der Waals surface area contributed by atoms with E-state index in [-0.39, 0.29) is 11.8 Å². The molecule has 98 valence electrons. The van der Waals surface area contributed by atoms with Crippen molar-refractivity contribution in [2.24, 2.45) is 5.92 Å². The van der Waals surface area contributed by atoms with E-state index >= 15 is 0 Å². The topological polar surface area (TPSA) is 50.4 Å². The number of amides is 1. The molecule has 0 bridgehead atoms. The SMILES string of the molecule is COc1ccc(F)cc1NC(=O)C1CCNCC1. The number of hydrogen-bond donors (Lipinski definition) is 2. The van der Waals surface area contributed by atoms with E-state index in [1.54, 1.807) is 0 Å². The predicted molar refractivity (Wildman–Crippen MR) is 67.2 cm³/mol. The lowest BCUT2D eigenvalue weighted by Crippen LogP contribution is -2.34. The van der Waals surface area contributed by atoms with Gasteiger partial charge < -0.3 is 15.4 Å². The van der Waals surface area contributed by atoms with Crippen LogP contribution in [0.5, 0.6) is 5.75 Å². The molecule has 2 rings (SSSR count). The van der Waals surface area contributed by atoms with Crippen LogP contribution in [0.4, 0.5) is 10.1 Å². The maximum atomic E-state index is 13.2. The zero-order valence-electron chi connectivity index (χ0n) is 10.3. The lowest BCUT2D eigenvalue weighted by Gasteiger charge is -2.22. The van der Waals surface area contributed by atoms with Crippen molar-refractivity contribution < 1.29 is 13.9 Å². The lowest BCUT2D eigenvalue weighted by molar-refractivity contribution is -0.120. The van der Waals surface area contributed by atoms with Crippen molar-refractivity contribution in [3.05, 3.63) is 24.0 Å². The summed E-state index contributed by atoms with van der Waals surface area (Å²) in [6.45, 7) is 1.69. The van der Waals surface area contributed by atoms with E-state index in [1.165, 1.54) is 25.3 Å². The summed E-state index contributed by atoms with van der Waals surface area (Å²) in [5.41, 5.74) is 0.390. The minimum atomic E-state index is -0.392. The summed E-state index contributed by atoms with van der Waals surface area (Å²) in [5.74, 6) is -0.00489. The summed E-state index contributed by atoms with van der Waals surface area (Å²) in [5, 5.41) is 5.94. The Hall–Kier alpha value is -1.62. The Balaban J connectivity index is 2.07. The average Bonchev–Trinajstić information content (AvgIpc) is 2.40. The number of hydrogen-bond acceptors (Lipinski definition) is 3. The summed E-state index contributed by atoms with van der Waals surface area (Å²) in [7, 11) is 1.49. The standard InChI is InChI=1S/C13H17FN2O2/c1-18-12-3-2-10(14)8-11(12)16-13(17)9-4-6-15-7-5-9/h2-3,8-9,15H,4-7H2,1H3,(H,16,17). The molecule has 2 N–H and O–H groups in total. The molecule has 1 aliphatic heterocycles. The van der Waals surface area contributed by atoms with Crippen LogP contribution < -0.4 is 15.4 Å². The molecule has 1 aliphatic rings. The van der Waals surface area contributed by atoms with Crippen molar-refractivity contribution >= 4 is 11.6 Å². The molecule has 0 aliphatic carbocycles. The van der Waals surface area contributed by atoms with Gasteiger partial charge in [0.15, 0.2) is 0 Å². The van der Waals surface area contributed by atoms with Crippen LogP contribution in [-0.4, -0.2) is 26.1 Å². The van der Waals surface area contributed by atoms with Crippen molar-refractivity contribution in [2.45, 2.75) is 12.8 Å². The highest BCUT2D eigenvalue weighted by Gasteiger charge is 2.21. The van der Waals surface area contributed by atoms with Gasteiger partial charge >= 0.3 is 0 Å². The van der Waals surface area contributed by atoms with Gasteiger partial charge in [-0.05, 0) is 38.1 Å². The fraction of sp³-hybridized carbons (Fsp3) is 0.462. The molecular weight excluding hydrogens is 235 g/mol. The summed E-state index contributed by atoms with van der Waals surface area (Å²) in [6.07, 6.45) is 1.62. The minimum absolute atomic E-state index is 0.0146. The van der Waals surface area contributed by atoms with Crippen molar-refractivity contribution in [1.82, 2.24) is 5.32 Å². The summed E-state index contributed by atoms with van der Waals surface area (Å²) >= 11 is 0. The number of piperidine rings is 1. The largest absolute Gasteiger partial charge is 0.495 e. The first kappa shape index (κ1) is 12.8. The van der Waals surface area contributed by atoms with Gasteiger partial charge in [-0.3, -0.25) is 4.79 Å². The summed E-state index contributed by atoms with van der Waals surface area (Å²) in [6, 6.07) is 4.09. The van der Waals surface area contributed by atoms with Crippen molar-refractivity contribution in [2.75, 3.05) is 25.5 Å². The fourth-order valence-corrected chi connectivity index (χ4v) is 2.10. The molecule has 18 heavy (non-hydrogen) atoms. The normalized spacial score (nSPS) is 16.3.